The van der Waals surface area contributed by atoms with Crippen LogP contribution in [0.5, 0.6) is 11.5 Å². The first-order valence-corrected chi connectivity index (χ1v) is 9.63. The Morgan fingerprint density at radius 2 is 1.53 bits per heavy atom. The molecular weight excluding hydrogens is 495 g/mol. The zero-order valence-corrected chi connectivity index (χ0v) is 20.3. The number of benzene rings is 2. The van der Waals surface area contributed by atoms with Gasteiger partial charge >= 0.3 is 0 Å². The summed E-state index contributed by atoms with van der Waals surface area (Å²) in [6.07, 6.45) is 1.37. The number of nitrogens with zero attached hydrogens (tertiary/aromatic N) is 1. The molecule has 0 saturated carbocycles. The van der Waals surface area contributed by atoms with E-state index in [1.807, 2.05) is 49.4 Å². The Labute approximate surface area is 195 Å². The third-order valence-electron chi connectivity index (χ3n) is 4.31. The van der Waals surface area contributed by atoms with E-state index in [1.165, 1.54) is 0 Å². The van der Waals surface area contributed by atoms with E-state index in [4.69, 9.17) is 9.47 Å². The molecule has 0 radical (unpaired) electrons. The van der Waals surface area contributed by atoms with Gasteiger partial charge in [-0.2, -0.15) is 0 Å². The van der Waals surface area contributed by atoms with Crippen molar-refractivity contribution in [1.29, 1.82) is 0 Å². The predicted octanol–water partition coefficient (Wildman–Crippen LogP) is 3.93. The third-order valence-corrected chi connectivity index (χ3v) is 4.31. The van der Waals surface area contributed by atoms with E-state index < -0.39 is 0 Å². The molecule has 3 N–H and O–H groups in total. The molecule has 8 heteroatoms. The number of amides is 1. The molecule has 0 aliphatic heterocycles. The molecule has 0 aromatic heterocycles. The van der Waals surface area contributed by atoms with Crippen molar-refractivity contribution in [2.45, 2.75) is 32.9 Å². The van der Waals surface area contributed by atoms with Crippen LogP contribution in [0.25, 0.3) is 0 Å². The molecule has 1 amide bonds. The number of methoxy groups -OCH3 is 2. The molecule has 164 valence electrons. The summed E-state index contributed by atoms with van der Waals surface area (Å²) in [5.74, 6) is 2.13. The Morgan fingerprint density at radius 3 is 2.10 bits per heavy atom. The average Bonchev–Trinajstić information content (AvgIpc) is 2.74. The van der Waals surface area contributed by atoms with Crippen LogP contribution in [0.1, 0.15) is 30.9 Å². The molecular formula is C22H31IN4O3. The van der Waals surface area contributed by atoms with Crippen molar-refractivity contribution in [1.82, 2.24) is 10.6 Å². The normalized spacial score (nSPS) is 10.6. The number of anilines is 1. The maximum absolute atomic E-state index is 11.7. The highest BCUT2D eigenvalue weighted by molar-refractivity contribution is 14.0. The third kappa shape index (κ3) is 8.10. The van der Waals surface area contributed by atoms with Gasteiger partial charge in [0.15, 0.2) is 17.5 Å². The van der Waals surface area contributed by atoms with Crippen LogP contribution in [0.2, 0.25) is 0 Å². The Hall–Kier alpha value is -2.49. The molecule has 2 rings (SSSR count). The van der Waals surface area contributed by atoms with Crippen LogP contribution >= 0.6 is 24.0 Å². The summed E-state index contributed by atoms with van der Waals surface area (Å²) in [5.41, 5.74) is 2.95. The van der Waals surface area contributed by atoms with E-state index in [0.717, 1.165) is 23.2 Å². The molecule has 0 bridgehead atoms. The molecule has 0 aliphatic rings. The first kappa shape index (κ1) is 25.5. The van der Waals surface area contributed by atoms with Crippen LogP contribution in [-0.2, 0) is 17.9 Å². The van der Waals surface area contributed by atoms with E-state index in [9.17, 15) is 4.79 Å². The maximum Gasteiger partial charge on any atom is 0.224 e. The van der Waals surface area contributed by atoms with Crippen molar-refractivity contribution in [2.75, 3.05) is 26.6 Å². The standard InChI is InChI=1S/C22H30N4O3.HI/c1-5-6-21(27)26-18-10-7-16(8-11-18)14-24-22(23-2)25-15-17-9-12-19(28-3)20(13-17)29-4;/h7-13H,5-6,14-15H2,1-4H3,(H,26,27)(H2,23,24,25);1H. The topological polar surface area (TPSA) is 84.0 Å². The second-order valence-electron chi connectivity index (χ2n) is 6.46. The number of guanidine groups is 1. The molecule has 2 aromatic rings. The van der Waals surface area contributed by atoms with Crippen molar-refractivity contribution in [3.05, 3.63) is 53.6 Å². The van der Waals surface area contributed by atoms with E-state index in [2.05, 4.69) is 20.9 Å². The Morgan fingerprint density at radius 1 is 0.933 bits per heavy atom. The number of nitrogens with one attached hydrogen (secondary N) is 3. The second kappa shape index (κ2) is 13.7. The number of carbonyl (C=O) groups excluding carboxylic acids is 1. The molecule has 30 heavy (non-hydrogen) atoms. The number of carbonyl (C=O) groups is 1. The maximum atomic E-state index is 11.7. The van der Waals surface area contributed by atoms with Crippen LogP contribution in [0.3, 0.4) is 0 Å². The number of ether oxygens (including phenoxy) is 2. The minimum absolute atomic E-state index is 0. The molecule has 0 saturated heterocycles. The van der Waals surface area contributed by atoms with Gasteiger partial charge in [0.05, 0.1) is 14.2 Å². The lowest BCUT2D eigenvalue weighted by atomic mass is 10.2. The smallest absolute Gasteiger partial charge is 0.224 e. The van der Waals surface area contributed by atoms with Crippen LogP contribution < -0.4 is 25.4 Å². The fourth-order valence-corrected chi connectivity index (χ4v) is 2.74. The summed E-state index contributed by atoms with van der Waals surface area (Å²) >= 11 is 0. The van der Waals surface area contributed by atoms with Gasteiger partial charge in [-0.3, -0.25) is 9.79 Å². The van der Waals surface area contributed by atoms with Crippen molar-refractivity contribution in [3.63, 3.8) is 0 Å². The molecule has 7 nitrogen and oxygen atoms in total. The fraction of sp³-hybridized carbons (Fsp3) is 0.364. The number of aliphatic imine (C=N–C) groups is 1. The molecule has 0 heterocycles. The van der Waals surface area contributed by atoms with Crippen LogP contribution in [0.4, 0.5) is 5.69 Å². The summed E-state index contributed by atoms with van der Waals surface area (Å²) in [7, 11) is 4.97. The quantitative estimate of drug-likeness (QED) is 0.262. The van der Waals surface area contributed by atoms with E-state index >= 15 is 0 Å². The highest BCUT2D eigenvalue weighted by atomic mass is 127. The summed E-state index contributed by atoms with van der Waals surface area (Å²) in [5, 5.41) is 9.45. The lowest BCUT2D eigenvalue weighted by Crippen LogP contribution is -2.36. The molecule has 0 atom stereocenters. The molecule has 2 aromatic carbocycles. The molecule has 0 fully saturated rings. The zero-order valence-electron chi connectivity index (χ0n) is 18.0. The molecule has 0 spiro atoms. The first-order valence-electron chi connectivity index (χ1n) is 9.63. The van der Waals surface area contributed by atoms with Crippen molar-refractivity contribution in [2.24, 2.45) is 4.99 Å². The second-order valence-corrected chi connectivity index (χ2v) is 6.46. The highest BCUT2D eigenvalue weighted by Gasteiger charge is 2.06. The van der Waals surface area contributed by atoms with Gasteiger partial charge in [0.2, 0.25) is 5.91 Å². The number of hydrogen-bond acceptors (Lipinski definition) is 4. The van der Waals surface area contributed by atoms with Gasteiger partial charge in [0, 0.05) is 32.2 Å². The van der Waals surface area contributed by atoms with Gasteiger partial charge in [0.1, 0.15) is 0 Å². The number of hydrogen-bond donors (Lipinski definition) is 3. The Balaban J connectivity index is 0.00000450. The summed E-state index contributed by atoms with van der Waals surface area (Å²) in [6, 6.07) is 13.6. The van der Waals surface area contributed by atoms with Crippen LogP contribution in [0, 0.1) is 0 Å². The summed E-state index contributed by atoms with van der Waals surface area (Å²) in [6.45, 7) is 3.21. The van der Waals surface area contributed by atoms with E-state index in [1.54, 1.807) is 21.3 Å². The molecule has 0 unspecified atom stereocenters. The van der Waals surface area contributed by atoms with Gasteiger partial charge < -0.3 is 25.4 Å². The van der Waals surface area contributed by atoms with Gasteiger partial charge in [-0.05, 0) is 41.8 Å². The van der Waals surface area contributed by atoms with Crippen molar-refractivity contribution < 1.29 is 14.3 Å². The number of halogens is 1. The minimum Gasteiger partial charge on any atom is -0.493 e. The minimum atomic E-state index is 0. The lowest BCUT2D eigenvalue weighted by molar-refractivity contribution is -0.116. The van der Waals surface area contributed by atoms with Crippen LogP contribution in [0.15, 0.2) is 47.5 Å². The fourth-order valence-electron chi connectivity index (χ4n) is 2.74. The van der Waals surface area contributed by atoms with Gasteiger partial charge in [-0.25, -0.2) is 0 Å². The van der Waals surface area contributed by atoms with Crippen molar-refractivity contribution in [3.8, 4) is 11.5 Å². The predicted molar refractivity (Wildman–Crippen MR) is 132 cm³/mol. The molecule has 0 aliphatic carbocycles. The van der Waals surface area contributed by atoms with Crippen molar-refractivity contribution >= 4 is 41.5 Å². The largest absolute Gasteiger partial charge is 0.493 e. The monoisotopic (exact) mass is 526 g/mol. The average molecular weight is 526 g/mol. The number of rotatable bonds is 9. The van der Waals surface area contributed by atoms with E-state index in [0.29, 0.717) is 37.0 Å². The van der Waals surface area contributed by atoms with Gasteiger partial charge in [-0.15, -0.1) is 24.0 Å². The SMILES string of the molecule is CCCC(=O)Nc1ccc(CNC(=NC)NCc2ccc(OC)c(OC)c2)cc1.I. The van der Waals surface area contributed by atoms with Crippen LogP contribution in [-0.4, -0.2) is 33.1 Å². The Bertz CT molecular complexity index is 826. The summed E-state index contributed by atoms with van der Waals surface area (Å²) < 4.78 is 10.6. The lowest BCUT2D eigenvalue weighted by Gasteiger charge is -2.14. The highest BCUT2D eigenvalue weighted by Crippen LogP contribution is 2.27. The van der Waals surface area contributed by atoms with Gasteiger partial charge in [-0.1, -0.05) is 25.1 Å². The first-order chi connectivity index (χ1) is 14.1. The van der Waals surface area contributed by atoms with E-state index in [-0.39, 0.29) is 29.9 Å². The Kier molecular flexibility index (Phi) is 11.7. The van der Waals surface area contributed by atoms with Gasteiger partial charge in [0.25, 0.3) is 0 Å². The summed E-state index contributed by atoms with van der Waals surface area (Å²) in [4.78, 5) is 15.9. The zero-order chi connectivity index (χ0) is 21.1.